The van der Waals surface area contributed by atoms with Gasteiger partial charge in [0.2, 0.25) is 0 Å². The average Bonchev–Trinajstić information content (AvgIpc) is 3.25. The van der Waals surface area contributed by atoms with Gasteiger partial charge in [-0.2, -0.15) is 0 Å². The number of imidazole rings is 1. The fourth-order valence-electron chi connectivity index (χ4n) is 4.70. The van der Waals surface area contributed by atoms with Gasteiger partial charge in [-0.25, -0.2) is 4.98 Å². The van der Waals surface area contributed by atoms with Crippen molar-refractivity contribution in [2.45, 2.75) is 32.2 Å². The van der Waals surface area contributed by atoms with Crippen molar-refractivity contribution < 1.29 is 9.53 Å². The minimum atomic E-state index is 0.0678. The Labute approximate surface area is 205 Å². The lowest BCUT2D eigenvalue weighted by molar-refractivity contribution is 0.0760. The van der Waals surface area contributed by atoms with E-state index in [1.807, 2.05) is 52.0 Å². The molecule has 0 bridgehead atoms. The number of hydrogen-bond donors (Lipinski definition) is 1. The molecule has 1 aromatic carbocycles. The third-order valence-electron chi connectivity index (χ3n) is 6.64. The first-order valence-corrected chi connectivity index (χ1v) is 12.1. The lowest BCUT2D eigenvalue weighted by atomic mass is 9.95. The molecule has 1 aliphatic rings. The molecule has 1 amide bonds. The number of aromatic nitrogens is 4. The Kier molecular flexibility index (Phi) is 6.88. The number of ether oxygens (including phenoxy) is 1. The first-order valence-electron chi connectivity index (χ1n) is 12.1. The van der Waals surface area contributed by atoms with E-state index in [1.165, 1.54) is 0 Å². The first-order chi connectivity index (χ1) is 17.2. The maximum absolute atomic E-state index is 13.4. The highest BCUT2D eigenvalue weighted by molar-refractivity contribution is 5.95. The molecule has 4 heterocycles. The van der Waals surface area contributed by atoms with Crippen LogP contribution in [-0.2, 0) is 13.0 Å². The largest absolute Gasteiger partial charge is 0.495 e. The first kappa shape index (κ1) is 22.8. The van der Waals surface area contributed by atoms with Crippen LogP contribution in [0.2, 0.25) is 0 Å². The minimum Gasteiger partial charge on any atom is -0.495 e. The van der Waals surface area contributed by atoms with Crippen LogP contribution in [0.15, 0.2) is 67.5 Å². The van der Waals surface area contributed by atoms with Crippen molar-refractivity contribution in [2.75, 3.05) is 25.5 Å². The number of carbonyl (C=O) groups excluding carboxylic acids is 1. The highest BCUT2D eigenvalue weighted by Crippen LogP contribution is 2.28. The minimum absolute atomic E-state index is 0.0678. The zero-order chi connectivity index (χ0) is 24.0. The van der Waals surface area contributed by atoms with Gasteiger partial charge in [0, 0.05) is 56.2 Å². The quantitative estimate of drug-likeness (QED) is 0.435. The average molecular weight is 471 g/mol. The highest BCUT2D eigenvalue weighted by atomic mass is 16.5. The van der Waals surface area contributed by atoms with E-state index >= 15 is 0 Å². The summed E-state index contributed by atoms with van der Waals surface area (Å²) >= 11 is 0. The molecule has 8 nitrogen and oxygen atoms in total. The van der Waals surface area contributed by atoms with E-state index in [0.717, 1.165) is 61.4 Å². The van der Waals surface area contributed by atoms with Crippen molar-refractivity contribution in [3.63, 3.8) is 0 Å². The van der Waals surface area contributed by atoms with Crippen LogP contribution in [0.3, 0.4) is 0 Å². The number of methoxy groups -OCH3 is 1. The Bertz CT molecular complexity index is 1290. The molecule has 0 unspecified atom stereocenters. The number of pyridine rings is 1. The number of fused-ring (bicyclic) bond motifs is 1. The summed E-state index contributed by atoms with van der Waals surface area (Å²) in [6.07, 6.45) is 15.1. The van der Waals surface area contributed by atoms with E-state index in [4.69, 9.17) is 4.74 Å². The van der Waals surface area contributed by atoms with Crippen molar-refractivity contribution in [3.05, 3.63) is 84.3 Å². The molecule has 1 aliphatic heterocycles. The number of nitrogens with one attached hydrogen (secondary N) is 1. The summed E-state index contributed by atoms with van der Waals surface area (Å²) in [5.41, 5.74) is 4.53. The number of benzene rings is 1. The number of nitrogens with zero attached hydrogens (tertiary/aromatic N) is 5. The molecule has 180 valence electrons. The molecule has 1 fully saturated rings. The third-order valence-corrected chi connectivity index (χ3v) is 6.64. The van der Waals surface area contributed by atoms with Crippen LogP contribution in [0.5, 0.6) is 5.75 Å². The van der Waals surface area contributed by atoms with E-state index in [0.29, 0.717) is 23.8 Å². The summed E-state index contributed by atoms with van der Waals surface area (Å²) in [4.78, 5) is 28.3. The number of hydrogen-bond acceptors (Lipinski definition) is 6. The molecule has 1 N–H and O–H groups in total. The van der Waals surface area contributed by atoms with E-state index in [1.54, 1.807) is 25.7 Å². The molecule has 5 rings (SSSR count). The lowest BCUT2D eigenvalue weighted by Gasteiger charge is -2.22. The highest BCUT2D eigenvalue weighted by Gasteiger charge is 2.23. The second kappa shape index (κ2) is 10.5. The van der Waals surface area contributed by atoms with Crippen molar-refractivity contribution in [3.8, 4) is 5.75 Å². The van der Waals surface area contributed by atoms with Crippen LogP contribution in [0.25, 0.3) is 5.65 Å². The second-order valence-corrected chi connectivity index (χ2v) is 8.99. The van der Waals surface area contributed by atoms with Crippen LogP contribution in [0.1, 0.15) is 40.9 Å². The fourth-order valence-corrected chi connectivity index (χ4v) is 4.70. The van der Waals surface area contributed by atoms with Crippen LogP contribution in [0, 0.1) is 5.92 Å². The number of rotatable bonds is 7. The Balaban J connectivity index is 1.23. The predicted molar refractivity (Wildman–Crippen MR) is 134 cm³/mol. The molecule has 3 aromatic heterocycles. The summed E-state index contributed by atoms with van der Waals surface area (Å²) in [5.74, 6) is 1.29. The van der Waals surface area contributed by atoms with Crippen molar-refractivity contribution in [2.24, 2.45) is 5.92 Å². The topological polar surface area (TPSA) is 84.7 Å². The Hall–Kier alpha value is -3.94. The van der Waals surface area contributed by atoms with Gasteiger partial charge < -0.3 is 19.4 Å². The molecular weight excluding hydrogens is 440 g/mol. The van der Waals surface area contributed by atoms with E-state index < -0.39 is 0 Å². The molecule has 8 heteroatoms. The molecule has 1 atom stereocenters. The molecule has 0 saturated carbocycles. The van der Waals surface area contributed by atoms with Crippen LogP contribution >= 0.6 is 0 Å². The van der Waals surface area contributed by atoms with E-state index in [9.17, 15) is 4.79 Å². The Morgan fingerprint density at radius 2 is 2.00 bits per heavy atom. The van der Waals surface area contributed by atoms with Gasteiger partial charge in [-0.1, -0.05) is 0 Å². The summed E-state index contributed by atoms with van der Waals surface area (Å²) in [7, 11) is 1.64. The van der Waals surface area contributed by atoms with E-state index in [2.05, 4.69) is 26.5 Å². The predicted octanol–water partition coefficient (Wildman–Crippen LogP) is 4.23. The molecule has 4 aromatic rings. The number of anilines is 1. The van der Waals surface area contributed by atoms with Gasteiger partial charge in [0.25, 0.3) is 5.91 Å². The molecule has 1 saturated heterocycles. The van der Waals surface area contributed by atoms with Crippen LogP contribution < -0.4 is 10.1 Å². The van der Waals surface area contributed by atoms with Gasteiger partial charge in [0.05, 0.1) is 24.7 Å². The van der Waals surface area contributed by atoms with Crippen LogP contribution in [0.4, 0.5) is 5.69 Å². The molecule has 0 aliphatic carbocycles. The van der Waals surface area contributed by atoms with Crippen molar-refractivity contribution in [1.82, 2.24) is 24.3 Å². The van der Waals surface area contributed by atoms with Gasteiger partial charge >= 0.3 is 0 Å². The van der Waals surface area contributed by atoms with Gasteiger partial charge in [0.1, 0.15) is 5.75 Å². The Morgan fingerprint density at radius 3 is 2.86 bits per heavy atom. The Morgan fingerprint density at radius 1 is 1.11 bits per heavy atom. The van der Waals surface area contributed by atoms with Gasteiger partial charge in [-0.3, -0.25) is 14.8 Å². The summed E-state index contributed by atoms with van der Waals surface area (Å²) < 4.78 is 7.53. The summed E-state index contributed by atoms with van der Waals surface area (Å²) in [5, 5.41) is 3.40. The molecule has 0 spiro atoms. The maximum Gasteiger partial charge on any atom is 0.253 e. The standard InChI is InChI=1S/C27H30N6O2/c1-35-25-5-4-22(16-24(25)31-17-21-6-9-28-10-7-21)27(34)32-12-2-3-20(8-13-32)15-23-19-33-14-11-29-26(33)18-30-23/h4-7,9-11,14,16,18-20,31H,2-3,8,12-13,15,17H2,1H3/t20-/m0/s1. The van der Waals surface area contributed by atoms with Crippen molar-refractivity contribution in [1.29, 1.82) is 0 Å². The lowest BCUT2D eigenvalue weighted by Crippen LogP contribution is -2.32. The second-order valence-electron chi connectivity index (χ2n) is 8.99. The van der Waals surface area contributed by atoms with Gasteiger partial charge in [-0.05, 0) is 67.5 Å². The van der Waals surface area contributed by atoms with Crippen molar-refractivity contribution >= 4 is 17.2 Å². The summed E-state index contributed by atoms with van der Waals surface area (Å²) in [6, 6.07) is 9.54. The third kappa shape index (κ3) is 5.42. The number of amides is 1. The summed E-state index contributed by atoms with van der Waals surface area (Å²) in [6.45, 7) is 2.15. The zero-order valence-electron chi connectivity index (χ0n) is 19.9. The van der Waals surface area contributed by atoms with Gasteiger partial charge in [-0.15, -0.1) is 0 Å². The molecular formula is C27H30N6O2. The zero-order valence-corrected chi connectivity index (χ0v) is 19.9. The van der Waals surface area contributed by atoms with Gasteiger partial charge in [0.15, 0.2) is 5.65 Å². The molecule has 0 radical (unpaired) electrons. The van der Waals surface area contributed by atoms with Crippen LogP contribution in [-0.4, -0.2) is 50.4 Å². The maximum atomic E-state index is 13.4. The SMILES string of the molecule is COc1ccc(C(=O)N2CCC[C@H](Cc3cn4ccnc4cn3)CC2)cc1NCc1ccncc1. The monoisotopic (exact) mass is 470 g/mol. The van der Waals surface area contributed by atoms with E-state index in [-0.39, 0.29) is 5.91 Å². The number of likely N-dealkylation sites (tertiary alicyclic amines) is 1. The smallest absolute Gasteiger partial charge is 0.253 e. The fraction of sp³-hybridized carbons (Fsp3) is 0.333. The number of carbonyl (C=O) groups is 1. The molecule has 35 heavy (non-hydrogen) atoms. The normalized spacial score (nSPS) is 16.1.